The average Bonchev–Trinajstić information content (AvgIpc) is 2.14. The Balaban J connectivity index is 3.15. The number of phenolic OH excluding ortho intramolecular Hbond substituents is 1. The van der Waals surface area contributed by atoms with Gasteiger partial charge in [-0.05, 0) is 12.1 Å². The van der Waals surface area contributed by atoms with Crippen LogP contribution in [0.4, 0.5) is 0 Å². The van der Waals surface area contributed by atoms with Gasteiger partial charge >= 0.3 is 5.76 Å². The monoisotopic (exact) mass is 193 g/mol. The first-order valence-corrected chi connectivity index (χ1v) is 3.93. The van der Waals surface area contributed by atoms with Gasteiger partial charge in [0.15, 0.2) is 0 Å². The molecule has 2 aromatic rings. The quantitative estimate of drug-likeness (QED) is 0.648. The summed E-state index contributed by atoms with van der Waals surface area (Å²) < 4.78 is 5.61. The van der Waals surface area contributed by atoms with Crippen molar-refractivity contribution >= 4 is 11.0 Å². The standard InChI is InChI=1S/C9H7NO4/c1-10-8(12)7-5(11)3-2-4-6(7)14-9(10)13/h2-4,11H,1H3. The Morgan fingerprint density at radius 2 is 2.07 bits per heavy atom. The van der Waals surface area contributed by atoms with Crippen molar-refractivity contribution in [2.45, 2.75) is 0 Å². The van der Waals surface area contributed by atoms with Crippen molar-refractivity contribution in [1.29, 1.82) is 0 Å². The Morgan fingerprint density at radius 1 is 1.36 bits per heavy atom. The molecule has 0 bridgehead atoms. The Bertz CT molecular complexity index is 608. The molecule has 1 heterocycles. The maximum Gasteiger partial charge on any atom is 0.422 e. The van der Waals surface area contributed by atoms with Crippen LogP contribution in [-0.4, -0.2) is 9.67 Å². The third kappa shape index (κ3) is 1.02. The largest absolute Gasteiger partial charge is 0.507 e. The summed E-state index contributed by atoms with van der Waals surface area (Å²) in [7, 11) is 1.29. The maximum atomic E-state index is 11.5. The molecule has 0 spiro atoms. The number of aromatic nitrogens is 1. The molecule has 0 saturated heterocycles. The number of phenols is 1. The van der Waals surface area contributed by atoms with Gasteiger partial charge in [-0.1, -0.05) is 6.07 Å². The van der Waals surface area contributed by atoms with E-state index in [0.29, 0.717) is 0 Å². The summed E-state index contributed by atoms with van der Waals surface area (Å²) in [6, 6.07) is 4.32. The zero-order valence-corrected chi connectivity index (χ0v) is 7.35. The maximum absolute atomic E-state index is 11.5. The predicted molar refractivity (Wildman–Crippen MR) is 49.4 cm³/mol. The van der Waals surface area contributed by atoms with Crippen molar-refractivity contribution in [2.75, 3.05) is 0 Å². The highest BCUT2D eigenvalue weighted by atomic mass is 16.4. The number of hydrogen-bond donors (Lipinski definition) is 1. The molecule has 1 aromatic heterocycles. The minimum atomic E-state index is -0.742. The summed E-state index contributed by atoms with van der Waals surface area (Å²) >= 11 is 0. The highest BCUT2D eigenvalue weighted by molar-refractivity contribution is 5.81. The van der Waals surface area contributed by atoms with Crippen LogP contribution >= 0.6 is 0 Å². The number of nitrogens with zero attached hydrogens (tertiary/aromatic N) is 1. The number of aromatic hydroxyl groups is 1. The van der Waals surface area contributed by atoms with Crippen molar-refractivity contribution in [2.24, 2.45) is 7.05 Å². The van der Waals surface area contributed by atoms with Gasteiger partial charge in [0.2, 0.25) is 0 Å². The molecule has 0 unspecified atom stereocenters. The van der Waals surface area contributed by atoms with Crippen molar-refractivity contribution < 1.29 is 9.52 Å². The Labute approximate surface area is 77.8 Å². The van der Waals surface area contributed by atoms with Gasteiger partial charge in [-0.3, -0.25) is 4.79 Å². The molecule has 5 nitrogen and oxygen atoms in total. The molecular formula is C9H7NO4. The molecule has 0 saturated carbocycles. The van der Waals surface area contributed by atoms with Crippen molar-refractivity contribution in [3.8, 4) is 5.75 Å². The van der Waals surface area contributed by atoms with Gasteiger partial charge in [-0.15, -0.1) is 0 Å². The van der Waals surface area contributed by atoms with E-state index in [1.165, 1.54) is 25.2 Å². The molecular weight excluding hydrogens is 186 g/mol. The Kier molecular flexibility index (Phi) is 1.67. The van der Waals surface area contributed by atoms with Crippen LogP contribution in [0, 0.1) is 0 Å². The van der Waals surface area contributed by atoms with Crippen molar-refractivity contribution in [3.05, 3.63) is 39.1 Å². The molecule has 0 fully saturated rings. The lowest BCUT2D eigenvalue weighted by atomic mass is 10.2. The van der Waals surface area contributed by atoms with Gasteiger partial charge in [0.25, 0.3) is 5.56 Å². The predicted octanol–water partition coefficient (Wildman–Crippen LogP) is 0.197. The molecule has 1 N–H and O–H groups in total. The molecule has 14 heavy (non-hydrogen) atoms. The smallest absolute Gasteiger partial charge is 0.422 e. The second kappa shape index (κ2) is 2.73. The molecule has 2 rings (SSSR count). The molecule has 0 radical (unpaired) electrons. The van der Waals surface area contributed by atoms with Gasteiger partial charge in [-0.2, -0.15) is 0 Å². The molecule has 1 aromatic carbocycles. The lowest BCUT2D eigenvalue weighted by Crippen LogP contribution is -2.29. The third-order valence-corrected chi connectivity index (χ3v) is 1.99. The average molecular weight is 193 g/mol. The van der Waals surface area contributed by atoms with E-state index < -0.39 is 11.3 Å². The molecule has 0 atom stereocenters. The zero-order valence-electron chi connectivity index (χ0n) is 7.35. The van der Waals surface area contributed by atoms with Crippen LogP contribution in [0.25, 0.3) is 11.0 Å². The van der Waals surface area contributed by atoms with E-state index in [4.69, 9.17) is 4.42 Å². The lowest BCUT2D eigenvalue weighted by Gasteiger charge is -2.00. The fraction of sp³-hybridized carbons (Fsp3) is 0.111. The zero-order chi connectivity index (χ0) is 10.3. The molecule has 0 aliphatic rings. The molecule has 0 amide bonds. The summed E-state index contributed by atoms with van der Waals surface area (Å²) in [6.07, 6.45) is 0. The van der Waals surface area contributed by atoms with Crippen molar-refractivity contribution in [1.82, 2.24) is 4.57 Å². The van der Waals surface area contributed by atoms with Gasteiger partial charge in [-0.25, -0.2) is 9.36 Å². The van der Waals surface area contributed by atoms with Crippen LogP contribution in [0.3, 0.4) is 0 Å². The Morgan fingerprint density at radius 3 is 2.79 bits per heavy atom. The number of rotatable bonds is 0. The second-order valence-corrected chi connectivity index (χ2v) is 2.88. The second-order valence-electron chi connectivity index (χ2n) is 2.88. The number of benzene rings is 1. The first-order valence-electron chi connectivity index (χ1n) is 3.93. The van der Waals surface area contributed by atoms with E-state index in [2.05, 4.69) is 0 Å². The first kappa shape index (κ1) is 8.55. The fourth-order valence-electron chi connectivity index (χ4n) is 1.23. The van der Waals surface area contributed by atoms with Gasteiger partial charge in [0.1, 0.15) is 16.7 Å². The first-order chi connectivity index (χ1) is 6.61. The van der Waals surface area contributed by atoms with Crippen LogP contribution in [-0.2, 0) is 7.05 Å². The van der Waals surface area contributed by atoms with E-state index in [9.17, 15) is 14.7 Å². The lowest BCUT2D eigenvalue weighted by molar-refractivity contribution is 0.464. The summed E-state index contributed by atoms with van der Waals surface area (Å²) in [5.41, 5.74) is -0.465. The molecule has 5 heteroatoms. The van der Waals surface area contributed by atoms with E-state index in [1.54, 1.807) is 0 Å². The van der Waals surface area contributed by atoms with Gasteiger partial charge in [0, 0.05) is 7.05 Å². The highest BCUT2D eigenvalue weighted by Gasteiger charge is 2.09. The van der Waals surface area contributed by atoms with Crippen molar-refractivity contribution in [3.63, 3.8) is 0 Å². The van der Waals surface area contributed by atoms with Crippen LogP contribution in [0.5, 0.6) is 5.75 Å². The van der Waals surface area contributed by atoms with Crippen LogP contribution < -0.4 is 11.3 Å². The molecule has 0 aliphatic heterocycles. The van der Waals surface area contributed by atoms with E-state index in [-0.39, 0.29) is 16.7 Å². The Hall–Kier alpha value is -2.04. The van der Waals surface area contributed by atoms with E-state index in [0.717, 1.165) is 4.57 Å². The minimum absolute atomic E-state index is 0.0228. The number of fused-ring (bicyclic) bond motifs is 1. The fourth-order valence-corrected chi connectivity index (χ4v) is 1.23. The highest BCUT2D eigenvalue weighted by Crippen LogP contribution is 2.18. The SMILES string of the molecule is Cn1c(=O)oc2cccc(O)c2c1=O. The van der Waals surface area contributed by atoms with Crippen LogP contribution in [0.15, 0.2) is 32.2 Å². The van der Waals surface area contributed by atoms with Crippen LogP contribution in [0.2, 0.25) is 0 Å². The van der Waals surface area contributed by atoms with E-state index in [1.807, 2.05) is 0 Å². The number of hydrogen-bond acceptors (Lipinski definition) is 4. The summed E-state index contributed by atoms with van der Waals surface area (Å²) in [4.78, 5) is 22.6. The van der Waals surface area contributed by atoms with Gasteiger partial charge < -0.3 is 9.52 Å². The third-order valence-electron chi connectivity index (χ3n) is 1.99. The molecule has 72 valence electrons. The summed E-state index contributed by atoms with van der Waals surface area (Å²) in [6.45, 7) is 0. The molecule has 0 aliphatic carbocycles. The summed E-state index contributed by atoms with van der Waals surface area (Å²) in [5.74, 6) is -0.931. The normalized spacial score (nSPS) is 10.6. The van der Waals surface area contributed by atoms with Gasteiger partial charge in [0.05, 0.1) is 0 Å². The summed E-state index contributed by atoms with van der Waals surface area (Å²) in [5, 5.41) is 9.41. The van der Waals surface area contributed by atoms with Crippen LogP contribution in [0.1, 0.15) is 0 Å². The van der Waals surface area contributed by atoms with E-state index >= 15 is 0 Å². The topological polar surface area (TPSA) is 72.4 Å². The minimum Gasteiger partial charge on any atom is -0.507 e.